The molecule has 272 valence electrons. The monoisotopic (exact) mass is 713 g/mol. The number of aliphatic hydroxyl groups is 1. The molecular formula is C40H42F3N5O4. The van der Waals surface area contributed by atoms with Gasteiger partial charge in [-0.2, -0.15) is 13.2 Å². The van der Waals surface area contributed by atoms with Crippen LogP contribution in [0.1, 0.15) is 85.8 Å². The minimum atomic E-state index is -4.62. The van der Waals surface area contributed by atoms with E-state index in [0.29, 0.717) is 35.7 Å². The van der Waals surface area contributed by atoms with E-state index in [-0.39, 0.29) is 36.0 Å². The van der Waals surface area contributed by atoms with Crippen molar-refractivity contribution in [2.24, 2.45) is 11.8 Å². The van der Waals surface area contributed by atoms with Gasteiger partial charge in [0.15, 0.2) is 6.10 Å². The van der Waals surface area contributed by atoms with Crippen molar-refractivity contribution in [2.75, 3.05) is 24.5 Å². The number of amides is 1. The molecule has 52 heavy (non-hydrogen) atoms. The number of pyridine rings is 1. The van der Waals surface area contributed by atoms with Gasteiger partial charge in [-0.1, -0.05) is 50.2 Å². The molecule has 0 spiro atoms. The van der Waals surface area contributed by atoms with E-state index < -0.39 is 29.2 Å². The highest BCUT2D eigenvalue weighted by Crippen LogP contribution is 2.52. The Hall–Kier alpha value is -4.84. The number of ketones is 1. The normalized spacial score (nSPS) is 18.1. The number of fused-ring (bicyclic) bond motifs is 1. The van der Waals surface area contributed by atoms with Gasteiger partial charge in [0.25, 0.3) is 11.5 Å². The van der Waals surface area contributed by atoms with Crippen LogP contribution in [0.3, 0.4) is 0 Å². The number of Topliss-reactive ketones (excluding diaryl/α,β-unsaturated/α-hetero) is 1. The summed E-state index contributed by atoms with van der Waals surface area (Å²) in [7, 11) is 0. The van der Waals surface area contributed by atoms with Crippen molar-refractivity contribution in [3.63, 3.8) is 0 Å². The van der Waals surface area contributed by atoms with E-state index in [1.165, 1.54) is 11.0 Å². The molecule has 3 aliphatic rings. The van der Waals surface area contributed by atoms with Gasteiger partial charge in [-0.15, -0.1) is 0 Å². The smallest absolute Gasteiger partial charge is 0.378 e. The lowest BCUT2D eigenvalue weighted by Gasteiger charge is -2.32. The van der Waals surface area contributed by atoms with E-state index in [0.717, 1.165) is 79.5 Å². The molecule has 1 aliphatic carbocycles. The Morgan fingerprint density at radius 1 is 0.981 bits per heavy atom. The number of aliphatic hydroxyl groups excluding tert-OH is 1. The summed E-state index contributed by atoms with van der Waals surface area (Å²) in [6.45, 7) is 5.64. The number of H-pyrrole nitrogens is 1. The third kappa shape index (κ3) is 7.00. The standard InChI is InChI=1S/C40H42F3N5O4/c1-24(2)34(49)25-13-18-47(19-14-25)33-12-11-28(22-44-33)26-6-3-8-29(20-26)39(15-16-39)38-45-32-10-5-17-48(23-31(32)36(51)46-38)37(52)35(50)27-7-4-9-30(21-27)40(41,42)43/h3-4,6-9,11-12,20-22,24-25,35,50H,5,10,13-19,23H2,1-2H3,(H,45,46,51)/t35-/m1/s1. The van der Waals surface area contributed by atoms with Crippen molar-refractivity contribution < 1.29 is 27.9 Å². The Bertz CT molecular complexity index is 2030. The molecule has 0 unspecified atom stereocenters. The average molecular weight is 714 g/mol. The van der Waals surface area contributed by atoms with Gasteiger partial charge in [0.2, 0.25) is 0 Å². The maximum absolute atomic E-state index is 13.6. The minimum Gasteiger partial charge on any atom is -0.378 e. The van der Waals surface area contributed by atoms with Gasteiger partial charge < -0.3 is 19.9 Å². The number of nitrogens with zero attached hydrogens (tertiary/aromatic N) is 4. The summed E-state index contributed by atoms with van der Waals surface area (Å²) in [6.07, 6.45) is -0.342. The van der Waals surface area contributed by atoms with Crippen LogP contribution >= 0.6 is 0 Å². The van der Waals surface area contributed by atoms with Gasteiger partial charge in [0.05, 0.1) is 28.8 Å². The van der Waals surface area contributed by atoms with E-state index in [1.54, 1.807) is 0 Å². The van der Waals surface area contributed by atoms with Crippen molar-refractivity contribution in [1.82, 2.24) is 19.9 Å². The number of aromatic nitrogens is 3. The van der Waals surface area contributed by atoms with Gasteiger partial charge in [0, 0.05) is 43.2 Å². The first-order valence-corrected chi connectivity index (χ1v) is 18.0. The molecule has 4 aromatic rings. The SMILES string of the molecule is CC(C)C(=O)C1CCN(c2ccc(-c3cccc(C4(c5nc6c(c(=O)[nH]5)CN(C(=O)[C@H](O)c5cccc(C(F)(F)F)c5)CCC6)CC4)c3)cn2)CC1. The number of aryl methyl sites for hydroxylation is 1. The second-order valence-electron chi connectivity index (χ2n) is 14.6. The molecule has 2 N–H and O–H groups in total. The maximum Gasteiger partial charge on any atom is 0.416 e. The molecule has 1 amide bonds. The molecule has 0 radical (unpaired) electrons. The summed E-state index contributed by atoms with van der Waals surface area (Å²) < 4.78 is 39.8. The molecule has 1 saturated carbocycles. The topological polar surface area (TPSA) is 119 Å². The summed E-state index contributed by atoms with van der Waals surface area (Å²) in [5.41, 5.74) is 1.95. The number of carbonyl (C=O) groups is 2. The minimum absolute atomic E-state index is 0.0579. The number of piperidine rings is 1. The molecule has 2 aromatic carbocycles. The van der Waals surface area contributed by atoms with Gasteiger partial charge in [-0.05, 0) is 79.5 Å². The number of hydrogen-bond donors (Lipinski definition) is 2. The van der Waals surface area contributed by atoms with Crippen LogP contribution in [0.5, 0.6) is 0 Å². The number of halogens is 3. The van der Waals surface area contributed by atoms with Gasteiger partial charge >= 0.3 is 6.18 Å². The van der Waals surface area contributed by atoms with Crippen molar-refractivity contribution in [1.29, 1.82) is 0 Å². The summed E-state index contributed by atoms with van der Waals surface area (Å²) in [6, 6.07) is 16.4. The highest BCUT2D eigenvalue weighted by atomic mass is 19.4. The van der Waals surface area contributed by atoms with Crippen molar-refractivity contribution in [3.05, 3.63) is 111 Å². The number of benzene rings is 2. The molecule has 1 atom stereocenters. The van der Waals surface area contributed by atoms with E-state index in [4.69, 9.17) is 9.97 Å². The zero-order chi connectivity index (χ0) is 36.8. The van der Waals surface area contributed by atoms with Crippen LogP contribution in [-0.2, 0) is 34.1 Å². The molecule has 0 bridgehead atoms. The van der Waals surface area contributed by atoms with Crippen LogP contribution in [0.2, 0.25) is 0 Å². The molecular weight excluding hydrogens is 671 g/mol. The first kappa shape index (κ1) is 35.6. The maximum atomic E-state index is 13.6. The number of rotatable bonds is 8. The Kier molecular flexibility index (Phi) is 9.54. The van der Waals surface area contributed by atoms with Crippen molar-refractivity contribution >= 4 is 17.5 Å². The Morgan fingerprint density at radius 3 is 2.40 bits per heavy atom. The van der Waals surface area contributed by atoms with Crippen LogP contribution in [-0.4, -0.2) is 56.3 Å². The third-order valence-corrected chi connectivity index (χ3v) is 10.9. The third-order valence-electron chi connectivity index (χ3n) is 10.9. The van der Waals surface area contributed by atoms with Crippen LogP contribution in [0.25, 0.3) is 11.1 Å². The fourth-order valence-electron chi connectivity index (χ4n) is 7.63. The van der Waals surface area contributed by atoms with E-state index >= 15 is 0 Å². The van der Waals surface area contributed by atoms with Crippen LogP contribution < -0.4 is 10.5 Å². The summed E-state index contributed by atoms with van der Waals surface area (Å²) >= 11 is 0. The quantitative estimate of drug-likeness (QED) is 0.218. The van der Waals surface area contributed by atoms with Crippen LogP contribution in [0.15, 0.2) is 71.7 Å². The lowest BCUT2D eigenvalue weighted by Crippen LogP contribution is -2.37. The van der Waals surface area contributed by atoms with E-state index in [9.17, 15) is 32.7 Å². The molecule has 2 aliphatic heterocycles. The number of nitrogens with one attached hydrogen (secondary N) is 1. The highest BCUT2D eigenvalue weighted by Gasteiger charge is 2.49. The van der Waals surface area contributed by atoms with Gasteiger partial charge in [-0.25, -0.2) is 9.97 Å². The molecule has 2 fully saturated rings. The molecule has 9 nitrogen and oxygen atoms in total. The molecule has 1 saturated heterocycles. The molecule has 7 rings (SSSR count). The number of carbonyl (C=O) groups excluding carboxylic acids is 2. The predicted molar refractivity (Wildman–Crippen MR) is 189 cm³/mol. The predicted octanol–water partition coefficient (Wildman–Crippen LogP) is 6.38. The summed E-state index contributed by atoms with van der Waals surface area (Å²) in [5, 5.41) is 10.8. The lowest BCUT2D eigenvalue weighted by molar-refractivity contribution is -0.142. The Morgan fingerprint density at radius 2 is 1.73 bits per heavy atom. The van der Waals surface area contributed by atoms with Gasteiger partial charge in [-0.3, -0.25) is 14.4 Å². The summed E-state index contributed by atoms with van der Waals surface area (Å²) in [5.74, 6) is 1.22. The Balaban J connectivity index is 1.07. The summed E-state index contributed by atoms with van der Waals surface area (Å²) in [4.78, 5) is 55.6. The molecule has 2 aromatic heterocycles. The number of alkyl halides is 3. The van der Waals surface area contributed by atoms with E-state index in [2.05, 4.69) is 22.0 Å². The van der Waals surface area contributed by atoms with Crippen molar-refractivity contribution in [2.45, 2.75) is 76.6 Å². The van der Waals surface area contributed by atoms with Crippen LogP contribution in [0.4, 0.5) is 19.0 Å². The largest absolute Gasteiger partial charge is 0.416 e. The number of aromatic amines is 1. The Labute approximate surface area is 299 Å². The highest BCUT2D eigenvalue weighted by molar-refractivity contribution is 5.83. The lowest BCUT2D eigenvalue weighted by atomic mass is 9.87. The zero-order valence-corrected chi connectivity index (χ0v) is 29.2. The van der Waals surface area contributed by atoms with Gasteiger partial charge in [0.1, 0.15) is 17.4 Å². The molecule has 12 heteroatoms. The number of hydrogen-bond acceptors (Lipinski definition) is 7. The first-order chi connectivity index (χ1) is 24.8. The fraction of sp³-hybridized carbons (Fsp3) is 0.425. The van der Waals surface area contributed by atoms with E-state index in [1.807, 2.05) is 44.3 Å². The number of anilines is 1. The van der Waals surface area contributed by atoms with Crippen LogP contribution in [0, 0.1) is 11.8 Å². The fourth-order valence-corrected chi connectivity index (χ4v) is 7.63. The average Bonchev–Trinajstić information content (AvgIpc) is 3.99. The second-order valence-corrected chi connectivity index (χ2v) is 14.6. The molecule has 4 heterocycles. The first-order valence-electron chi connectivity index (χ1n) is 18.0. The zero-order valence-electron chi connectivity index (χ0n) is 29.2. The second kappa shape index (κ2) is 13.9. The van der Waals surface area contributed by atoms with Crippen molar-refractivity contribution in [3.8, 4) is 11.1 Å².